The van der Waals surface area contributed by atoms with E-state index < -0.39 is 60.9 Å². The van der Waals surface area contributed by atoms with E-state index in [1.54, 1.807) is 13.8 Å². The molecule has 0 saturated carbocycles. The fraction of sp³-hybridized carbons (Fsp3) is 1.00. The lowest BCUT2D eigenvalue weighted by molar-refractivity contribution is -0.410. The smallest absolute Gasteiger partial charge is 0.400 e. The topological polar surface area (TPSA) is 157 Å². The molecule has 0 spiro atoms. The Hall–Kier alpha value is -0.0294. The first-order valence-corrected chi connectivity index (χ1v) is 19.8. The van der Waals surface area contributed by atoms with E-state index >= 15 is 0 Å². The van der Waals surface area contributed by atoms with Gasteiger partial charge in [0.15, 0.2) is 38.7 Å². The quantitative estimate of drug-likeness (QED) is 0.127. The first-order valence-electron chi connectivity index (χ1n) is 16.1. The van der Waals surface area contributed by atoms with Crippen molar-refractivity contribution < 1.29 is 78.4 Å². The standard InChI is InChI=1S/C27H56O17Si3/c1-17-10-19(3)36-25(38-22(6)34-17)30-14-28-13-29-15-31-26-37-21(5)12-27(9,40-23(7)39-26)43-45-32-16-33-46-44-47-41-20(4)11-18(2)35-24(8)42-47/h17-26,47H,10-16,45-46H2,1-9H3. The maximum atomic E-state index is 6.03. The van der Waals surface area contributed by atoms with Crippen LogP contribution < -0.4 is 0 Å². The van der Waals surface area contributed by atoms with E-state index in [1.165, 1.54) is 0 Å². The lowest BCUT2D eigenvalue weighted by Crippen LogP contribution is -2.46. The molecule has 3 aliphatic heterocycles. The van der Waals surface area contributed by atoms with Gasteiger partial charge < -0.3 is 78.4 Å². The molecule has 12 atom stereocenters. The highest BCUT2D eigenvalue weighted by Crippen LogP contribution is 2.27. The van der Waals surface area contributed by atoms with Gasteiger partial charge in [-0.15, -0.1) is 0 Å². The van der Waals surface area contributed by atoms with Crippen molar-refractivity contribution in [1.29, 1.82) is 0 Å². The largest absolute Gasteiger partial charge is 0.477 e. The lowest BCUT2D eigenvalue weighted by atomic mass is 10.1. The molecular formula is C27H56O17Si3. The van der Waals surface area contributed by atoms with Crippen LogP contribution in [0.5, 0.6) is 0 Å². The minimum atomic E-state index is -2.35. The van der Waals surface area contributed by atoms with Gasteiger partial charge in [0.25, 0.3) is 23.0 Å². The Kier molecular flexibility index (Phi) is 19.4. The molecule has 0 radical (unpaired) electrons. The van der Waals surface area contributed by atoms with Crippen LogP contribution in [0.25, 0.3) is 0 Å². The number of ether oxygens (including phenoxy) is 11. The third-order valence-corrected chi connectivity index (χ3v) is 11.2. The zero-order valence-electron chi connectivity index (χ0n) is 29.2. The molecule has 3 saturated heterocycles. The minimum Gasteiger partial charge on any atom is -0.400 e. The summed E-state index contributed by atoms with van der Waals surface area (Å²) in [4.78, 5) is 0. The van der Waals surface area contributed by atoms with Crippen molar-refractivity contribution >= 4 is 29.5 Å². The number of hydrogen-bond acceptors (Lipinski definition) is 17. The highest BCUT2D eigenvalue weighted by Gasteiger charge is 2.36. The zero-order chi connectivity index (χ0) is 34.2. The van der Waals surface area contributed by atoms with E-state index in [2.05, 4.69) is 0 Å². The van der Waals surface area contributed by atoms with Gasteiger partial charge in [-0.05, 0) is 75.2 Å². The summed E-state index contributed by atoms with van der Waals surface area (Å²) in [5.41, 5.74) is 0. The summed E-state index contributed by atoms with van der Waals surface area (Å²) in [5, 5.41) is 0. The zero-order valence-corrected chi connectivity index (χ0v) is 33.1. The second kappa shape index (κ2) is 22.0. The highest BCUT2D eigenvalue weighted by atomic mass is 28.4. The molecule has 0 aromatic carbocycles. The van der Waals surface area contributed by atoms with Crippen LogP contribution in [0.1, 0.15) is 81.6 Å². The molecule has 0 aromatic rings. The SMILES string of the molecule is CC1CC(C)OC(OCOCOCOC2OC(C)CC(C)(O[SiH2]OCO[SiH2]O[SiH]3OC(C)CC(C)OC(C)O3)OC(C)O2)OC(C)O1. The predicted molar refractivity (Wildman–Crippen MR) is 168 cm³/mol. The Labute approximate surface area is 284 Å². The van der Waals surface area contributed by atoms with Gasteiger partial charge >= 0.3 is 19.5 Å². The molecule has 47 heavy (non-hydrogen) atoms. The van der Waals surface area contributed by atoms with E-state index in [9.17, 15) is 0 Å². The third-order valence-electron chi connectivity index (χ3n) is 6.83. The van der Waals surface area contributed by atoms with Gasteiger partial charge in [0.2, 0.25) is 0 Å². The molecule has 17 nitrogen and oxygen atoms in total. The second-order valence-electron chi connectivity index (χ2n) is 11.8. The molecule has 0 amide bonds. The molecule has 278 valence electrons. The molecule has 20 heteroatoms. The van der Waals surface area contributed by atoms with E-state index in [4.69, 9.17) is 78.4 Å². The highest BCUT2D eigenvalue weighted by molar-refractivity contribution is 6.45. The molecule has 12 unspecified atom stereocenters. The fourth-order valence-corrected chi connectivity index (χ4v) is 8.58. The molecule has 0 aliphatic carbocycles. The van der Waals surface area contributed by atoms with Crippen LogP contribution >= 0.6 is 0 Å². The number of rotatable bonds is 16. The molecule has 0 bridgehead atoms. The molecule has 0 aromatic heterocycles. The maximum absolute atomic E-state index is 6.03. The summed E-state index contributed by atoms with van der Waals surface area (Å²) in [6, 6.07) is 0. The third kappa shape index (κ3) is 17.6. The summed E-state index contributed by atoms with van der Waals surface area (Å²) >= 11 is 0. The summed E-state index contributed by atoms with van der Waals surface area (Å²) < 4.78 is 96.8. The van der Waals surface area contributed by atoms with E-state index in [0.29, 0.717) is 6.42 Å². The second-order valence-corrected chi connectivity index (χ2v) is 15.8. The van der Waals surface area contributed by atoms with Crippen LogP contribution in [0.2, 0.25) is 0 Å². The van der Waals surface area contributed by atoms with Crippen molar-refractivity contribution in [2.24, 2.45) is 0 Å². The van der Waals surface area contributed by atoms with Crippen molar-refractivity contribution in [3.63, 3.8) is 0 Å². The van der Waals surface area contributed by atoms with Crippen molar-refractivity contribution in [3.8, 4) is 0 Å². The Morgan fingerprint density at radius 2 is 1.17 bits per heavy atom. The molecule has 3 aliphatic rings. The van der Waals surface area contributed by atoms with Crippen LogP contribution in [0.15, 0.2) is 0 Å². The Morgan fingerprint density at radius 3 is 1.87 bits per heavy atom. The molecular weight excluding hydrogens is 681 g/mol. The van der Waals surface area contributed by atoms with E-state index in [-0.39, 0.29) is 64.0 Å². The van der Waals surface area contributed by atoms with Crippen LogP contribution in [0.4, 0.5) is 0 Å². The van der Waals surface area contributed by atoms with E-state index in [1.807, 2.05) is 48.5 Å². The minimum absolute atomic E-state index is 0.00944. The van der Waals surface area contributed by atoms with Crippen LogP contribution in [0, 0.1) is 0 Å². The first-order chi connectivity index (χ1) is 22.4. The lowest BCUT2D eigenvalue weighted by Gasteiger charge is -2.39. The Morgan fingerprint density at radius 1 is 0.596 bits per heavy atom. The van der Waals surface area contributed by atoms with Crippen molar-refractivity contribution in [1.82, 2.24) is 0 Å². The van der Waals surface area contributed by atoms with Crippen LogP contribution in [-0.2, 0) is 78.4 Å². The maximum Gasteiger partial charge on any atom is 0.477 e. The van der Waals surface area contributed by atoms with Gasteiger partial charge in [0, 0.05) is 12.5 Å². The predicted octanol–water partition coefficient (Wildman–Crippen LogP) is 1.29. The Bertz CT molecular complexity index is 797. The van der Waals surface area contributed by atoms with Crippen molar-refractivity contribution in [2.75, 3.05) is 27.2 Å². The summed E-state index contributed by atoms with van der Waals surface area (Å²) in [5.74, 6) is -0.991. The summed E-state index contributed by atoms with van der Waals surface area (Å²) in [6.45, 7) is 14.6. The average molecular weight is 737 g/mol. The van der Waals surface area contributed by atoms with Crippen molar-refractivity contribution in [3.05, 3.63) is 0 Å². The average Bonchev–Trinajstić information content (AvgIpc) is 2.93. The van der Waals surface area contributed by atoms with Gasteiger partial charge in [0.05, 0.1) is 24.4 Å². The molecule has 3 rings (SSSR count). The van der Waals surface area contributed by atoms with Gasteiger partial charge in [-0.1, -0.05) is 0 Å². The Balaban J connectivity index is 1.24. The van der Waals surface area contributed by atoms with Crippen molar-refractivity contribution in [2.45, 2.75) is 150 Å². The van der Waals surface area contributed by atoms with Gasteiger partial charge in [-0.25, -0.2) is 0 Å². The molecule has 0 N–H and O–H groups in total. The van der Waals surface area contributed by atoms with E-state index in [0.717, 1.165) is 12.8 Å². The van der Waals surface area contributed by atoms with Gasteiger partial charge in [-0.2, -0.15) is 0 Å². The summed E-state index contributed by atoms with van der Waals surface area (Å²) in [7, 11) is -5.18. The molecule has 3 heterocycles. The summed E-state index contributed by atoms with van der Waals surface area (Å²) in [6.07, 6.45) is -0.0167. The first kappa shape index (κ1) is 41.4. The van der Waals surface area contributed by atoms with Gasteiger partial charge in [-0.3, -0.25) is 0 Å². The number of hydrogen-bond donors (Lipinski definition) is 0. The normalized spacial score (nSPS) is 40.1. The fourth-order valence-electron chi connectivity index (χ4n) is 5.07. The molecule has 3 fully saturated rings. The van der Waals surface area contributed by atoms with Crippen LogP contribution in [-0.4, -0.2) is 125 Å². The van der Waals surface area contributed by atoms with Gasteiger partial charge in [0.1, 0.15) is 13.1 Å². The van der Waals surface area contributed by atoms with Crippen LogP contribution in [0.3, 0.4) is 0 Å². The monoisotopic (exact) mass is 736 g/mol.